The number of hydrogen-bond acceptors (Lipinski definition) is 4. The van der Waals surface area contributed by atoms with Crippen molar-refractivity contribution in [3.8, 4) is 0 Å². The summed E-state index contributed by atoms with van der Waals surface area (Å²) >= 11 is 5.84. The molecule has 0 saturated heterocycles. The van der Waals surface area contributed by atoms with E-state index in [9.17, 15) is 4.89 Å². The zero-order valence-electron chi connectivity index (χ0n) is 5.90. The summed E-state index contributed by atoms with van der Waals surface area (Å²) in [5.41, 5.74) is -2.69. The van der Waals surface area contributed by atoms with Crippen LogP contribution in [0.15, 0.2) is 0 Å². The first-order chi connectivity index (χ1) is 4.12. The monoisotopic (exact) mass is 283 g/mol. The molecule has 10 heavy (non-hydrogen) atoms. The molecule has 0 aliphatic carbocycles. The molecule has 0 aromatic carbocycles. The van der Waals surface area contributed by atoms with Crippen molar-refractivity contribution < 1.29 is 30.5 Å². The van der Waals surface area contributed by atoms with Gasteiger partial charge in [0.25, 0.3) is 0 Å². The second kappa shape index (κ2) is 7.27. The van der Waals surface area contributed by atoms with Crippen LogP contribution < -0.4 is 4.89 Å². The van der Waals surface area contributed by atoms with Crippen molar-refractivity contribution in [2.24, 2.45) is 0 Å². The number of hydrogen-bond donors (Lipinski definition) is 0. The van der Waals surface area contributed by atoms with Crippen molar-refractivity contribution in [3.63, 3.8) is 0 Å². The fraction of sp³-hybridized carbons (Fsp3) is 1.00. The van der Waals surface area contributed by atoms with E-state index in [4.69, 9.17) is 4.52 Å². The van der Waals surface area contributed by atoms with Gasteiger partial charge in [0.05, 0.1) is 0 Å². The van der Waals surface area contributed by atoms with E-state index in [0.717, 1.165) is 5.75 Å². The van der Waals surface area contributed by atoms with Crippen molar-refractivity contribution in [1.82, 2.24) is 0 Å². The maximum atomic E-state index is 11.0. The van der Waals surface area contributed by atoms with Gasteiger partial charge in [-0.2, -0.15) is 0 Å². The quantitative estimate of drug-likeness (QED) is 0.575. The molecule has 0 heterocycles. The predicted octanol–water partition coefficient (Wildman–Crippen LogP) is 1.36. The average Bonchev–Trinajstić information content (AvgIpc) is 1.64. The molecule has 0 bridgehead atoms. The molecule has 1 atom stereocenters. The zero-order valence-corrected chi connectivity index (χ0v) is 10.4. The summed E-state index contributed by atoms with van der Waals surface area (Å²) in [4.78, 5) is 11.0. The fourth-order valence-electron chi connectivity index (χ4n) is 0.353. The third-order valence-corrected chi connectivity index (χ3v) is 5.03. The molecule has 0 fully saturated rings. The molecule has 0 aromatic heterocycles. The van der Waals surface area contributed by atoms with Crippen molar-refractivity contribution in [3.05, 3.63) is 0 Å². The first kappa shape index (κ1) is 14.2. The Hall–Kier alpha value is 1.61. The van der Waals surface area contributed by atoms with Gasteiger partial charge in [0.1, 0.15) is 0 Å². The van der Waals surface area contributed by atoms with Gasteiger partial charge in [0, 0.05) is 33.4 Å². The summed E-state index contributed by atoms with van der Waals surface area (Å²) in [6.07, 6.45) is 0. The smallest absolute Gasteiger partial charge is 0.0485 e. The SMILES string of the molecule is CCOP([O-])(=S)SCC.[Mo]. The van der Waals surface area contributed by atoms with Gasteiger partial charge in [0.15, 0.2) is 0 Å². The van der Waals surface area contributed by atoms with E-state index in [-0.39, 0.29) is 21.1 Å². The maximum Gasteiger partial charge on any atom is 0.0485 e. The molecule has 0 rings (SSSR count). The third kappa shape index (κ3) is 7.71. The molecule has 0 aliphatic rings. The van der Waals surface area contributed by atoms with Gasteiger partial charge in [-0.3, -0.25) is 0 Å². The Morgan fingerprint density at radius 3 is 2.40 bits per heavy atom. The average molecular weight is 281 g/mol. The van der Waals surface area contributed by atoms with Gasteiger partial charge in [-0.25, -0.2) is 0 Å². The first-order valence-electron chi connectivity index (χ1n) is 2.72. The fourth-order valence-corrected chi connectivity index (χ4v) is 3.81. The molecular weight excluding hydrogens is 271 g/mol. The Balaban J connectivity index is 0. The van der Waals surface area contributed by atoms with Crippen molar-refractivity contribution in [2.45, 2.75) is 13.8 Å². The van der Waals surface area contributed by atoms with Crippen LogP contribution in [0.25, 0.3) is 0 Å². The van der Waals surface area contributed by atoms with Crippen LogP contribution in [-0.2, 0) is 37.4 Å². The zero-order chi connectivity index (χ0) is 7.33. The molecule has 62 valence electrons. The summed E-state index contributed by atoms with van der Waals surface area (Å²) in [6, 6.07) is 0. The summed E-state index contributed by atoms with van der Waals surface area (Å²) in [7, 11) is 0. The molecule has 2 nitrogen and oxygen atoms in total. The molecule has 0 N–H and O–H groups in total. The summed E-state index contributed by atoms with van der Waals surface area (Å²) in [5.74, 6) is 0.751. The Morgan fingerprint density at radius 1 is 1.60 bits per heavy atom. The first-order valence-corrected chi connectivity index (χ1v) is 6.95. The topological polar surface area (TPSA) is 32.3 Å². The molecule has 0 radical (unpaired) electrons. The molecule has 0 saturated carbocycles. The van der Waals surface area contributed by atoms with Crippen LogP contribution >= 0.6 is 17.1 Å². The minimum Gasteiger partial charge on any atom is -0.793 e. The molecule has 0 aliphatic heterocycles. The van der Waals surface area contributed by atoms with E-state index in [2.05, 4.69) is 11.8 Å². The van der Waals surface area contributed by atoms with Gasteiger partial charge in [-0.1, -0.05) is 18.7 Å². The second-order valence-corrected chi connectivity index (χ2v) is 7.62. The Kier molecular flexibility index (Phi) is 10.3. The molecule has 1 unspecified atom stereocenters. The van der Waals surface area contributed by atoms with Gasteiger partial charge in [-0.05, 0) is 12.7 Å². The van der Waals surface area contributed by atoms with E-state index in [0.29, 0.717) is 6.61 Å². The molecule has 0 spiro atoms. The summed E-state index contributed by atoms with van der Waals surface area (Å²) in [6.45, 7) is 4.13. The summed E-state index contributed by atoms with van der Waals surface area (Å²) < 4.78 is 4.80. The number of rotatable bonds is 4. The van der Waals surface area contributed by atoms with Crippen molar-refractivity contribution >= 4 is 28.9 Å². The van der Waals surface area contributed by atoms with E-state index in [1.54, 1.807) is 6.92 Å². The van der Waals surface area contributed by atoms with Crippen molar-refractivity contribution in [2.75, 3.05) is 12.4 Å². The largest absolute Gasteiger partial charge is 0.793 e. The van der Waals surface area contributed by atoms with Crippen LogP contribution in [0.2, 0.25) is 0 Å². The van der Waals surface area contributed by atoms with E-state index < -0.39 is 5.69 Å². The minimum atomic E-state index is -2.69. The van der Waals surface area contributed by atoms with Crippen LogP contribution in [-0.4, -0.2) is 12.4 Å². The standard InChI is InChI=1S/C4H11O2PS2.Mo/c1-3-6-7(5,8)9-4-2;/h3-4H2,1-2H3,(H,5,8);/p-1. The Bertz CT molecular complexity index is 112. The summed E-state index contributed by atoms with van der Waals surface area (Å²) in [5, 5.41) is 0. The van der Waals surface area contributed by atoms with E-state index in [1.165, 1.54) is 11.4 Å². The van der Waals surface area contributed by atoms with E-state index in [1.807, 2.05) is 6.92 Å². The Morgan fingerprint density at radius 2 is 2.10 bits per heavy atom. The molecule has 0 aromatic rings. The van der Waals surface area contributed by atoms with Crippen LogP contribution in [0, 0.1) is 0 Å². The van der Waals surface area contributed by atoms with Gasteiger partial charge >= 0.3 is 0 Å². The van der Waals surface area contributed by atoms with Crippen LogP contribution in [0.1, 0.15) is 13.8 Å². The van der Waals surface area contributed by atoms with Gasteiger partial charge in [-0.15, -0.1) is 11.4 Å². The predicted molar refractivity (Wildman–Crippen MR) is 44.0 cm³/mol. The molecule has 0 amide bonds. The second-order valence-electron chi connectivity index (χ2n) is 1.28. The molecule has 6 heteroatoms. The Labute approximate surface area is 85.3 Å². The molecular formula is C4H10MoO2PS2-. The van der Waals surface area contributed by atoms with Crippen LogP contribution in [0.4, 0.5) is 0 Å². The van der Waals surface area contributed by atoms with Gasteiger partial charge < -0.3 is 9.42 Å². The maximum absolute atomic E-state index is 11.0. The van der Waals surface area contributed by atoms with E-state index >= 15 is 0 Å². The third-order valence-electron chi connectivity index (χ3n) is 0.574. The van der Waals surface area contributed by atoms with Gasteiger partial charge in [0.2, 0.25) is 0 Å². The minimum absolute atomic E-state index is 0. The van der Waals surface area contributed by atoms with Crippen LogP contribution in [0.5, 0.6) is 0 Å². The van der Waals surface area contributed by atoms with Crippen molar-refractivity contribution in [1.29, 1.82) is 0 Å². The van der Waals surface area contributed by atoms with Crippen LogP contribution in [0.3, 0.4) is 0 Å². The normalized spacial score (nSPS) is 15.5.